The lowest BCUT2D eigenvalue weighted by Gasteiger charge is -2.31. The summed E-state index contributed by atoms with van der Waals surface area (Å²) in [6, 6.07) is 56.7. The number of terminal acetylenes is 1. The number of hydrogen-bond donors (Lipinski definition) is 4. The number of aromatic nitrogens is 21. The second kappa shape index (κ2) is 43.3. The van der Waals surface area contributed by atoms with E-state index in [4.69, 9.17) is 35.3 Å². The normalized spacial score (nSPS) is 14.5. The lowest BCUT2D eigenvalue weighted by atomic mass is 10.0. The topological polar surface area (TPSA) is 326 Å². The van der Waals surface area contributed by atoms with Crippen molar-refractivity contribution in [3.05, 3.63) is 325 Å². The highest BCUT2D eigenvalue weighted by Crippen LogP contribution is 2.39. The molecule has 14 heterocycles. The fraction of sp³-hybridized carbons (Fsp3) is 0.219. The Kier molecular flexibility index (Phi) is 28.7. The number of morpholine rings is 2. The van der Waals surface area contributed by atoms with E-state index in [0.717, 1.165) is 215 Å². The summed E-state index contributed by atoms with van der Waals surface area (Å²) in [4.78, 5) is 56.4. The van der Waals surface area contributed by atoms with Crippen molar-refractivity contribution in [1.29, 1.82) is 0 Å². The average molecular weight is 1920 g/mol. The number of anilines is 8. The van der Waals surface area contributed by atoms with Crippen LogP contribution in [0.25, 0.3) is 88.1 Å². The van der Waals surface area contributed by atoms with Crippen molar-refractivity contribution in [3.8, 4) is 68.4 Å². The Bertz CT molecular complexity index is 7520. The fourth-order valence-corrected chi connectivity index (χ4v) is 17.2. The van der Waals surface area contributed by atoms with Gasteiger partial charge in [-0.25, -0.2) is 53.9 Å². The zero-order valence-corrected chi connectivity index (χ0v) is 78.8. The molecule has 3 aliphatic rings. The molecular formula is C105H100BrFN28O4. The van der Waals surface area contributed by atoms with Gasteiger partial charge in [0, 0.05) is 272 Å². The quantitative estimate of drug-likeness (QED) is 0.0366. The third kappa shape index (κ3) is 24.4. The Hall–Kier alpha value is -16.0. The molecule has 1 unspecified atom stereocenters. The number of alkyl halides is 1. The van der Waals surface area contributed by atoms with Crippen LogP contribution in [-0.4, -0.2) is 190 Å². The highest BCUT2D eigenvalue weighted by molar-refractivity contribution is 9.10. The van der Waals surface area contributed by atoms with E-state index in [1.807, 2.05) is 216 Å². The van der Waals surface area contributed by atoms with Crippen LogP contribution in [-0.2, 0) is 77.1 Å². The number of ether oxygens (including phenoxy) is 4. The van der Waals surface area contributed by atoms with Gasteiger partial charge in [-0.05, 0) is 168 Å². The van der Waals surface area contributed by atoms with Crippen LogP contribution in [0.5, 0.6) is 11.5 Å². The molecule has 11 aromatic heterocycles. The minimum atomic E-state index is -0.731. The first-order chi connectivity index (χ1) is 67.9. The Morgan fingerprint density at radius 3 is 1.35 bits per heavy atom. The highest BCUT2D eigenvalue weighted by atomic mass is 79.9. The maximum atomic E-state index is 13.7. The van der Waals surface area contributed by atoms with Crippen LogP contribution in [0.2, 0.25) is 0 Å². The maximum absolute atomic E-state index is 13.7. The summed E-state index contributed by atoms with van der Waals surface area (Å²) < 4.78 is 47.3. The molecule has 698 valence electrons. The molecule has 0 radical (unpaired) electrons. The fourth-order valence-electron chi connectivity index (χ4n) is 16.8. The van der Waals surface area contributed by atoms with Gasteiger partial charge in [-0.2, -0.15) is 25.5 Å². The molecular weight excluding hydrogens is 1820 g/mol. The van der Waals surface area contributed by atoms with Crippen molar-refractivity contribution in [2.45, 2.75) is 65.0 Å². The Morgan fingerprint density at radius 2 is 0.878 bits per heavy atom. The molecule has 19 aromatic rings. The van der Waals surface area contributed by atoms with Crippen LogP contribution in [0.3, 0.4) is 0 Å². The average Bonchev–Trinajstić information content (AvgIpc) is 1.78. The maximum Gasteiger partial charge on any atom is 0.227 e. The van der Waals surface area contributed by atoms with Gasteiger partial charge in [0.15, 0.2) is 0 Å². The Balaban J connectivity index is 0.000000119. The number of nitrogens with one attached hydrogen (secondary N) is 4. The zero-order valence-electron chi connectivity index (χ0n) is 77.2. The molecule has 4 N–H and O–H groups in total. The molecule has 22 rings (SSSR count). The predicted octanol–water partition coefficient (Wildman–Crippen LogP) is 18.0. The Labute approximate surface area is 809 Å². The molecule has 3 fully saturated rings. The number of halogens is 2. The predicted molar refractivity (Wildman–Crippen MR) is 539 cm³/mol. The van der Waals surface area contributed by atoms with Gasteiger partial charge >= 0.3 is 0 Å². The summed E-state index contributed by atoms with van der Waals surface area (Å²) in [6.45, 7) is 13.4. The number of fused-ring (bicyclic) bond motifs is 4. The minimum Gasteiger partial charge on any atom is -0.488 e. The largest absolute Gasteiger partial charge is 0.488 e. The summed E-state index contributed by atoms with van der Waals surface area (Å²) >= 11 is 3.48. The summed E-state index contributed by atoms with van der Waals surface area (Å²) in [7, 11) is 7.62. The van der Waals surface area contributed by atoms with Gasteiger partial charge in [-0.3, -0.25) is 43.4 Å². The molecule has 34 heteroatoms. The second-order valence-electron chi connectivity index (χ2n) is 34.4. The molecule has 2 atom stereocenters. The third-order valence-corrected chi connectivity index (χ3v) is 24.0. The molecule has 0 saturated carbocycles. The van der Waals surface area contributed by atoms with Crippen LogP contribution in [0.1, 0.15) is 52.3 Å². The van der Waals surface area contributed by atoms with Crippen molar-refractivity contribution < 1.29 is 23.3 Å². The van der Waals surface area contributed by atoms with E-state index in [1.54, 1.807) is 49.8 Å². The monoisotopic (exact) mass is 1910 g/mol. The van der Waals surface area contributed by atoms with Gasteiger partial charge in [-0.1, -0.05) is 58.2 Å². The number of nitrogens with zero attached hydrogens (tertiary/aromatic N) is 24. The second-order valence-corrected chi connectivity index (χ2v) is 35.3. The Morgan fingerprint density at radius 1 is 0.417 bits per heavy atom. The molecule has 3 saturated heterocycles. The first-order valence-corrected chi connectivity index (χ1v) is 46.4. The number of benzene rings is 8. The van der Waals surface area contributed by atoms with Gasteiger partial charge < -0.3 is 40.2 Å². The number of hydrogen-bond acceptors (Lipinski definition) is 27. The van der Waals surface area contributed by atoms with E-state index in [-0.39, 0.29) is 6.10 Å². The molecule has 0 amide bonds. The van der Waals surface area contributed by atoms with Crippen LogP contribution < -0.4 is 30.7 Å². The van der Waals surface area contributed by atoms with Crippen molar-refractivity contribution in [3.63, 3.8) is 0 Å². The molecule has 3 aliphatic heterocycles. The van der Waals surface area contributed by atoms with Gasteiger partial charge in [0.05, 0.1) is 79.3 Å². The van der Waals surface area contributed by atoms with E-state index in [9.17, 15) is 4.39 Å². The number of rotatable bonds is 26. The summed E-state index contributed by atoms with van der Waals surface area (Å²) in [6.07, 6.45) is 38.5. The van der Waals surface area contributed by atoms with Crippen molar-refractivity contribution in [2.24, 2.45) is 28.2 Å². The molecule has 0 bridgehead atoms. The highest BCUT2D eigenvalue weighted by Gasteiger charge is 2.25. The van der Waals surface area contributed by atoms with Crippen LogP contribution in [0.4, 0.5) is 50.9 Å². The van der Waals surface area contributed by atoms with Crippen LogP contribution in [0.15, 0.2) is 286 Å². The minimum absolute atomic E-state index is 0.249. The lowest BCUT2D eigenvalue weighted by molar-refractivity contribution is -0.0212. The van der Waals surface area contributed by atoms with Gasteiger partial charge in [0.1, 0.15) is 43.5 Å². The number of pyridine rings is 2. The van der Waals surface area contributed by atoms with Gasteiger partial charge in [0.25, 0.3) is 0 Å². The standard InChI is InChI=1S/C29H29N7O2.C27H23N9O.C26H26N6O.C23H22BrFN6/c1-35-19-24(17-32-35)26-13-23-16-31-29(34-27(23)14-28(26)38-20-22-5-3-7-30-15-22)33-25-6-2-4-21(12-25)18-36-8-10-37-11-9-36;1-35-15-22(13-31-35)24-9-21-12-30-27(33-23-6-2-4-19(8-23)14-36-18-29-17-32-36)34-25(21)10-26(24)37-16-20-5-3-7-28-11-20;1-4-19-5-6-25-22(9-19)13-27-26(30-25)29-24-11-20(16-32-7-8-33-18(2)15-32)10-21(12-24)23-14-28-31(3)17-23;1-30-13-18(11-27-30)16-6-15(12-31-5-4-20(25)14-31)7-21(9-16)28-23-26-10-17-8-19(24)2-3-22(17)29-23/h2-7,12-17,19H,8-11,18,20H2,1H3,(H,31,33,34);2-13,15,17-18H,14,16H2,1H3,(H,30,33,34);1,5-6,9-14,17-18H,7-8,15-16H2,2-3H3,(H,27,29,30);2-3,6-11,13,20H,4-5,12,14H2,1H3,(H,26,28,29)/t;;;20-/m...0/s1. The van der Waals surface area contributed by atoms with Crippen molar-refractivity contribution in [1.82, 2.24) is 118 Å². The molecule has 0 spiro atoms. The summed E-state index contributed by atoms with van der Waals surface area (Å²) in [5, 5.41) is 38.6. The SMILES string of the molecule is C#Cc1ccc2nc(Nc3cc(CN4CCOC(C)C4)cc(-c4cnn(C)c4)c3)ncc2c1.Cn1cc(-c2cc(CN3CC[C@H](F)C3)cc(Nc3ncc4cc(Br)ccc4n3)c2)cn1.Cn1cc(-c2cc3cnc(Nc4cccc(CN5CCOCC5)c4)nc3cc2OCc2cccnc2)cn1.Cn1cc(-c2cc3cnc(Nc4cccc(Cn5cncn5)c4)nc3cc2OCc2cccnc2)cn1. The summed E-state index contributed by atoms with van der Waals surface area (Å²) in [5.41, 5.74) is 22.4. The number of aryl methyl sites for hydroxylation is 4. The van der Waals surface area contributed by atoms with Gasteiger partial charge in [-0.15, -0.1) is 6.42 Å². The van der Waals surface area contributed by atoms with E-state index < -0.39 is 6.17 Å². The zero-order chi connectivity index (χ0) is 94.9. The first-order valence-electron chi connectivity index (χ1n) is 45.6. The first kappa shape index (κ1) is 92.1. The van der Waals surface area contributed by atoms with E-state index >= 15 is 0 Å². The summed E-state index contributed by atoms with van der Waals surface area (Å²) in [5.74, 6) is 6.21. The third-order valence-electron chi connectivity index (χ3n) is 23.5. The van der Waals surface area contributed by atoms with Gasteiger partial charge in [0.2, 0.25) is 23.8 Å². The van der Waals surface area contributed by atoms with Crippen LogP contribution in [0, 0.1) is 12.3 Å². The molecule has 139 heavy (non-hydrogen) atoms. The van der Waals surface area contributed by atoms with E-state index in [0.29, 0.717) is 68.8 Å². The molecule has 8 aromatic carbocycles. The molecule has 0 aliphatic carbocycles. The van der Waals surface area contributed by atoms with Crippen molar-refractivity contribution in [2.75, 3.05) is 80.4 Å². The number of likely N-dealkylation sites (tertiary alicyclic amines) is 1. The van der Waals surface area contributed by atoms with Crippen molar-refractivity contribution >= 4 is 106 Å². The molecule has 32 nitrogen and oxygen atoms in total. The van der Waals surface area contributed by atoms with E-state index in [2.05, 4.69) is 196 Å². The lowest BCUT2D eigenvalue weighted by Crippen LogP contribution is -2.40. The van der Waals surface area contributed by atoms with Crippen LogP contribution >= 0.6 is 15.9 Å². The van der Waals surface area contributed by atoms with E-state index in [1.165, 1.54) is 17.5 Å². The smallest absolute Gasteiger partial charge is 0.227 e.